The van der Waals surface area contributed by atoms with Gasteiger partial charge in [0.25, 0.3) is 0 Å². The van der Waals surface area contributed by atoms with E-state index in [1.165, 1.54) is 0 Å². The second kappa shape index (κ2) is 5.37. The van der Waals surface area contributed by atoms with Gasteiger partial charge in [0, 0.05) is 0 Å². The van der Waals surface area contributed by atoms with Crippen molar-refractivity contribution in [1.82, 2.24) is 0 Å². The highest BCUT2D eigenvalue weighted by molar-refractivity contribution is 9.09. The summed E-state index contributed by atoms with van der Waals surface area (Å²) in [6.45, 7) is 2.20. The third kappa shape index (κ3) is 3.89. The summed E-state index contributed by atoms with van der Waals surface area (Å²) in [5.74, 6) is 0. The molecule has 0 bridgehead atoms. The smallest absolute Gasteiger partial charge is 0.138 e. The van der Waals surface area contributed by atoms with E-state index in [4.69, 9.17) is 9.84 Å². The van der Waals surface area contributed by atoms with Crippen molar-refractivity contribution < 1.29 is 9.84 Å². The van der Waals surface area contributed by atoms with Crippen LogP contribution in [0.15, 0.2) is 30.3 Å². The maximum atomic E-state index is 9.13. The van der Waals surface area contributed by atoms with Crippen molar-refractivity contribution in [3.63, 3.8) is 0 Å². The molecule has 2 nitrogen and oxygen atoms in total. The lowest BCUT2D eigenvalue weighted by Crippen LogP contribution is -2.19. The molecule has 1 aromatic carbocycles. The second-order valence-corrected chi connectivity index (χ2v) is 3.79. The fraction of sp³-hybridized carbons (Fsp3) is 0.400. The molecule has 1 aromatic rings. The van der Waals surface area contributed by atoms with Crippen LogP contribution in [0.25, 0.3) is 0 Å². The van der Waals surface area contributed by atoms with Crippen molar-refractivity contribution in [3.8, 4) is 0 Å². The van der Waals surface area contributed by atoms with Crippen LogP contribution in [0.5, 0.6) is 0 Å². The number of aliphatic hydroxyl groups excluding tert-OH is 1. The summed E-state index contributed by atoms with van der Waals surface area (Å²) in [5, 5.41) is 8.83. The van der Waals surface area contributed by atoms with Gasteiger partial charge < -0.3 is 9.84 Å². The van der Waals surface area contributed by atoms with Crippen LogP contribution in [0.4, 0.5) is 0 Å². The molecule has 0 heterocycles. The Morgan fingerprint density at radius 2 is 2.00 bits per heavy atom. The molecule has 2 atom stereocenters. The molecule has 0 saturated carbocycles. The van der Waals surface area contributed by atoms with Crippen molar-refractivity contribution in [1.29, 1.82) is 0 Å². The number of ether oxygens (including phenoxy) is 1. The van der Waals surface area contributed by atoms with Crippen molar-refractivity contribution >= 4 is 15.9 Å². The average Bonchev–Trinajstić information content (AvgIpc) is 2.15. The number of rotatable bonds is 4. The Kier molecular flexibility index (Phi) is 4.42. The van der Waals surface area contributed by atoms with Gasteiger partial charge in [-0.25, -0.2) is 0 Å². The Morgan fingerprint density at radius 1 is 1.38 bits per heavy atom. The first-order valence-electron chi connectivity index (χ1n) is 4.18. The summed E-state index contributed by atoms with van der Waals surface area (Å²) in [7, 11) is 0. The molecule has 0 aliphatic carbocycles. The predicted molar refractivity (Wildman–Crippen MR) is 55.6 cm³/mol. The van der Waals surface area contributed by atoms with Gasteiger partial charge in [-0.1, -0.05) is 46.3 Å². The summed E-state index contributed by atoms with van der Waals surface area (Å²) < 4.78 is 5.36. The molecule has 2 unspecified atom stereocenters. The van der Waals surface area contributed by atoms with E-state index in [9.17, 15) is 0 Å². The molecule has 0 aliphatic heterocycles. The molecule has 72 valence electrons. The zero-order chi connectivity index (χ0) is 9.68. The highest BCUT2D eigenvalue weighted by atomic mass is 79.9. The SMILES string of the molecule is CC(O)C(Br)OCc1ccccc1. The quantitative estimate of drug-likeness (QED) is 0.825. The fourth-order valence-corrected chi connectivity index (χ4v) is 1.02. The topological polar surface area (TPSA) is 29.5 Å². The van der Waals surface area contributed by atoms with E-state index in [-0.39, 0.29) is 5.01 Å². The van der Waals surface area contributed by atoms with Crippen LogP contribution in [0.1, 0.15) is 12.5 Å². The maximum Gasteiger partial charge on any atom is 0.138 e. The van der Waals surface area contributed by atoms with Crippen LogP contribution in [0, 0.1) is 0 Å². The second-order valence-electron chi connectivity index (χ2n) is 2.89. The van der Waals surface area contributed by atoms with Gasteiger partial charge in [-0.2, -0.15) is 0 Å². The van der Waals surface area contributed by atoms with Gasteiger partial charge in [0.1, 0.15) is 5.01 Å². The van der Waals surface area contributed by atoms with E-state index in [0.717, 1.165) is 5.56 Å². The highest BCUT2D eigenvalue weighted by Crippen LogP contribution is 2.10. The molecule has 1 rings (SSSR count). The van der Waals surface area contributed by atoms with E-state index in [0.29, 0.717) is 6.61 Å². The van der Waals surface area contributed by atoms with Gasteiger partial charge in [0.05, 0.1) is 12.7 Å². The lowest BCUT2D eigenvalue weighted by atomic mass is 10.2. The van der Waals surface area contributed by atoms with E-state index >= 15 is 0 Å². The van der Waals surface area contributed by atoms with Crippen molar-refractivity contribution in [2.75, 3.05) is 0 Å². The Labute approximate surface area is 86.7 Å². The Balaban J connectivity index is 2.35. The van der Waals surface area contributed by atoms with Gasteiger partial charge in [0.2, 0.25) is 0 Å². The summed E-state index contributed by atoms with van der Waals surface area (Å²) in [4.78, 5) is 0. The minimum Gasteiger partial charge on any atom is -0.390 e. The van der Waals surface area contributed by atoms with Gasteiger partial charge in [-0.05, 0) is 12.5 Å². The molecular formula is C10H13BrO2. The summed E-state index contributed by atoms with van der Waals surface area (Å²) in [6, 6.07) is 9.86. The van der Waals surface area contributed by atoms with Gasteiger partial charge in [-0.3, -0.25) is 0 Å². The summed E-state index contributed by atoms with van der Waals surface area (Å²) in [5.41, 5.74) is 1.10. The molecule has 0 amide bonds. The first-order valence-corrected chi connectivity index (χ1v) is 5.09. The minimum atomic E-state index is -0.497. The number of alkyl halides is 1. The first-order chi connectivity index (χ1) is 6.20. The standard InChI is InChI=1S/C10H13BrO2/c1-8(12)10(11)13-7-9-5-3-2-4-6-9/h2-6,8,10,12H,7H2,1H3. The van der Waals surface area contributed by atoms with Gasteiger partial charge in [-0.15, -0.1) is 0 Å². The zero-order valence-corrected chi connectivity index (χ0v) is 9.07. The van der Waals surface area contributed by atoms with Crippen LogP contribution in [-0.4, -0.2) is 16.2 Å². The Bertz CT molecular complexity index is 236. The normalized spacial score (nSPS) is 15.3. The number of benzene rings is 1. The average molecular weight is 245 g/mol. The van der Waals surface area contributed by atoms with Crippen molar-refractivity contribution in [2.45, 2.75) is 24.6 Å². The maximum absolute atomic E-state index is 9.13. The summed E-state index contributed by atoms with van der Waals surface area (Å²) >= 11 is 3.23. The van der Waals surface area contributed by atoms with Crippen molar-refractivity contribution in [2.24, 2.45) is 0 Å². The minimum absolute atomic E-state index is 0.298. The lowest BCUT2D eigenvalue weighted by Gasteiger charge is -2.13. The first kappa shape index (κ1) is 10.7. The van der Waals surface area contributed by atoms with Gasteiger partial charge >= 0.3 is 0 Å². The summed E-state index contributed by atoms with van der Waals surface area (Å²) in [6.07, 6.45) is -0.497. The molecule has 0 fully saturated rings. The third-order valence-electron chi connectivity index (χ3n) is 1.63. The largest absolute Gasteiger partial charge is 0.390 e. The van der Waals surface area contributed by atoms with E-state index in [1.807, 2.05) is 30.3 Å². The number of hydrogen-bond donors (Lipinski definition) is 1. The fourth-order valence-electron chi connectivity index (χ4n) is 0.889. The van der Waals surface area contributed by atoms with Crippen LogP contribution in [-0.2, 0) is 11.3 Å². The molecule has 0 saturated heterocycles. The van der Waals surface area contributed by atoms with Crippen LogP contribution < -0.4 is 0 Å². The highest BCUT2D eigenvalue weighted by Gasteiger charge is 2.10. The number of aliphatic hydroxyl groups is 1. The molecule has 0 radical (unpaired) electrons. The molecule has 0 aliphatic rings. The van der Waals surface area contributed by atoms with Crippen LogP contribution >= 0.6 is 15.9 Å². The van der Waals surface area contributed by atoms with Crippen LogP contribution in [0.3, 0.4) is 0 Å². The number of halogens is 1. The lowest BCUT2D eigenvalue weighted by molar-refractivity contribution is 0.0187. The molecule has 1 N–H and O–H groups in total. The van der Waals surface area contributed by atoms with E-state index in [2.05, 4.69) is 15.9 Å². The number of hydrogen-bond acceptors (Lipinski definition) is 2. The zero-order valence-electron chi connectivity index (χ0n) is 7.48. The Hall–Kier alpha value is -0.380. The third-order valence-corrected chi connectivity index (χ3v) is 2.66. The molecule has 3 heteroatoms. The molecule has 0 aromatic heterocycles. The van der Waals surface area contributed by atoms with E-state index < -0.39 is 6.10 Å². The van der Waals surface area contributed by atoms with Gasteiger partial charge in [0.15, 0.2) is 0 Å². The monoisotopic (exact) mass is 244 g/mol. The molecule has 13 heavy (non-hydrogen) atoms. The predicted octanol–water partition coefficient (Wildman–Crippen LogP) is 2.31. The molecular weight excluding hydrogens is 232 g/mol. The van der Waals surface area contributed by atoms with E-state index in [1.54, 1.807) is 6.92 Å². The Morgan fingerprint density at radius 3 is 2.54 bits per heavy atom. The van der Waals surface area contributed by atoms with Crippen molar-refractivity contribution in [3.05, 3.63) is 35.9 Å². The van der Waals surface area contributed by atoms with Crippen LogP contribution in [0.2, 0.25) is 0 Å². The molecule has 0 spiro atoms.